The van der Waals surface area contributed by atoms with Crippen LogP contribution in [0.4, 0.5) is 13.2 Å². The number of amides is 1. The maximum Gasteiger partial charge on any atom is 0.387 e. The van der Waals surface area contributed by atoms with Gasteiger partial charge in [-0.25, -0.2) is 14.4 Å². The van der Waals surface area contributed by atoms with Crippen molar-refractivity contribution in [1.82, 2.24) is 15.3 Å². The Morgan fingerprint density at radius 1 is 1.30 bits per heavy atom. The molecule has 0 saturated carbocycles. The lowest BCUT2D eigenvalue weighted by Crippen LogP contribution is -2.25. The highest BCUT2D eigenvalue weighted by atomic mass is 19.3. The van der Waals surface area contributed by atoms with Gasteiger partial charge in [0.25, 0.3) is 5.91 Å². The molecule has 0 aliphatic rings. The molecule has 144 valence electrons. The second-order valence-corrected chi connectivity index (χ2v) is 5.09. The van der Waals surface area contributed by atoms with E-state index in [1.54, 1.807) is 0 Å². The van der Waals surface area contributed by atoms with Gasteiger partial charge in [0.15, 0.2) is 23.7 Å². The summed E-state index contributed by atoms with van der Waals surface area (Å²) in [5, 5.41) is 20.9. The zero-order chi connectivity index (χ0) is 20.0. The first-order valence-corrected chi connectivity index (χ1v) is 7.45. The number of carbonyl (C=O) groups excluding carboxylic acids is 1. The molecule has 11 heteroatoms. The third-order valence-corrected chi connectivity index (χ3v) is 3.17. The summed E-state index contributed by atoms with van der Waals surface area (Å²) in [4.78, 5) is 19.9. The highest BCUT2D eigenvalue weighted by molar-refractivity contribution is 5.92. The smallest absolute Gasteiger partial charge is 0.387 e. The highest BCUT2D eigenvalue weighted by Gasteiger charge is 2.15. The van der Waals surface area contributed by atoms with Crippen LogP contribution in [0.2, 0.25) is 0 Å². The Balaban J connectivity index is 2.16. The van der Waals surface area contributed by atoms with Crippen molar-refractivity contribution in [3.05, 3.63) is 59.1 Å². The van der Waals surface area contributed by atoms with E-state index < -0.39 is 30.4 Å². The first kappa shape index (κ1) is 20.1. The summed E-state index contributed by atoms with van der Waals surface area (Å²) in [6.07, 6.45) is 0.417. The fourth-order valence-electron chi connectivity index (χ4n) is 2.01. The van der Waals surface area contributed by atoms with Crippen molar-refractivity contribution in [1.29, 1.82) is 0 Å². The molecule has 0 saturated heterocycles. The minimum atomic E-state index is -3.19. The number of nitrogens with one attached hydrogen (secondary N) is 1. The Morgan fingerprint density at radius 3 is 2.67 bits per heavy atom. The van der Waals surface area contributed by atoms with Crippen molar-refractivity contribution >= 4 is 12.0 Å². The van der Waals surface area contributed by atoms with Crippen molar-refractivity contribution in [2.45, 2.75) is 19.4 Å². The first-order chi connectivity index (χ1) is 12.8. The molecule has 27 heavy (non-hydrogen) atoms. The van der Waals surface area contributed by atoms with Crippen LogP contribution >= 0.6 is 0 Å². The van der Waals surface area contributed by atoms with Gasteiger partial charge in [-0.2, -0.15) is 8.78 Å². The van der Waals surface area contributed by atoms with Crippen LogP contribution in [0.15, 0.2) is 30.5 Å². The lowest BCUT2D eigenvalue weighted by atomic mass is 10.2. The Bertz CT molecular complexity index is 846. The predicted octanol–water partition coefficient (Wildman–Crippen LogP) is 1.06. The van der Waals surface area contributed by atoms with Crippen LogP contribution in [0.3, 0.4) is 0 Å². The number of aliphatic hydroxyl groups is 2. The van der Waals surface area contributed by atoms with Gasteiger partial charge >= 0.3 is 6.61 Å². The average Bonchev–Trinajstić information content (AvgIpc) is 2.61. The molecular weight excluding hydrogens is 369 g/mol. The van der Waals surface area contributed by atoms with Gasteiger partial charge in [-0.1, -0.05) is 6.07 Å². The molecule has 0 radical (unpaired) electrons. The second kappa shape index (κ2) is 8.96. The number of nitrogens with zero attached hydrogens (tertiary/aromatic N) is 2. The van der Waals surface area contributed by atoms with Crippen LogP contribution in [0.1, 0.15) is 33.9 Å². The SMILES string of the molecule is NC=Cc1nc(C(=O)NCc2ccc(F)c(OC(F)F)c2)cc(C(O)O)n1. The van der Waals surface area contributed by atoms with Gasteiger partial charge in [0.2, 0.25) is 0 Å². The minimum absolute atomic E-state index is 0.0253. The molecule has 8 nitrogen and oxygen atoms in total. The topological polar surface area (TPSA) is 131 Å². The number of alkyl halides is 2. The number of nitrogens with two attached hydrogens (primary N) is 1. The van der Waals surface area contributed by atoms with Gasteiger partial charge in [0, 0.05) is 6.54 Å². The lowest BCUT2D eigenvalue weighted by molar-refractivity contribution is -0.0523. The molecule has 0 spiro atoms. The van der Waals surface area contributed by atoms with Crippen LogP contribution in [-0.2, 0) is 6.54 Å². The summed E-state index contributed by atoms with van der Waals surface area (Å²) in [5.74, 6) is -2.37. The average molecular weight is 384 g/mol. The maximum absolute atomic E-state index is 13.4. The van der Waals surface area contributed by atoms with E-state index in [-0.39, 0.29) is 23.8 Å². The predicted molar refractivity (Wildman–Crippen MR) is 86.6 cm³/mol. The van der Waals surface area contributed by atoms with Crippen molar-refractivity contribution < 1.29 is 32.9 Å². The molecule has 0 aliphatic heterocycles. The van der Waals surface area contributed by atoms with E-state index >= 15 is 0 Å². The van der Waals surface area contributed by atoms with Gasteiger partial charge in [0.1, 0.15) is 11.4 Å². The van der Waals surface area contributed by atoms with E-state index in [1.807, 2.05) is 0 Å². The molecule has 1 aromatic heterocycles. The van der Waals surface area contributed by atoms with E-state index in [2.05, 4.69) is 20.0 Å². The number of benzene rings is 1. The molecule has 1 amide bonds. The van der Waals surface area contributed by atoms with Crippen LogP contribution in [-0.4, -0.2) is 32.7 Å². The minimum Gasteiger partial charge on any atom is -0.432 e. The van der Waals surface area contributed by atoms with Crippen LogP contribution in [0.25, 0.3) is 6.08 Å². The van der Waals surface area contributed by atoms with Gasteiger partial charge < -0.3 is 26.0 Å². The third-order valence-electron chi connectivity index (χ3n) is 3.17. The summed E-state index contributed by atoms with van der Waals surface area (Å²) in [6.45, 7) is -3.34. The summed E-state index contributed by atoms with van der Waals surface area (Å²) in [7, 11) is 0. The quantitative estimate of drug-likeness (QED) is 0.525. The fourth-order valence-corrected chi connectivity index (χ4v) is 2.01. The number of hydrogen-bond acceptors (Lipinski definition) is 7. The summed E-state index contributed by atoms with van der Waals surface area (Å²) in [5.41, 5.74) is 5.11. The Labute approximate surface area is 151 Å². The van der Waals surface area contributed by atoms with Gasteiger partial charge in [-0.15, -0.1) is 0 Å². The van der Waals surface area contributed by atoms with E-state index in [4.69, 9.17) is 5.73 Å². The molecule has 0 fully saturated rings. The van der Waals surface area contributed by atoms with Crippen molar-refractivity contribution in [3.8, 4) is 5.75 Å². The van der Waals surface area contributed by atoms with E-state index in [1.165, 1.54) is 12.1 Å². The highest BCUT2D eigenvalue weighted by Crippen LogP contribution is 2.21. The van der Waals surface area contributed by atoms with E-state index in [0.717, 1.165) is 24.4 Å². The van der Waals surface area contributed by atoms with Crippen molar-refractivity contribution in [2.24, 2.45) is 5.73 Å². The fraction of sp³-hybridized carbons (Fsp3) is 0.188. The second-order valence-electron chi connectivity index (χ2n) is 5.09. The van der Waals surface area contributed by atoms with Gasteiger partial charge in [-0.05, 0) is 36.0 Å². The lowest BCUT2D eigenvalue weighted by Gasteiger charge is -2.10. The molecule has 2 aromatic rings. The van der Waals surface area contributed by atoms with E-state index in [9.17, 15) is 28.2 Å². The Morgan fingerprint density at radius 2 is 2.04 bits per heavy atom. The van der Waals surface area contributed by atoms with Crippen LogP contribution < -0.4 is 15.8 Å². The number of carbonyl (C=O) groups is 1. The van der Waals surface area contributed by atoms with Crippen LogP contribution in [0, 0.1) is 5.82 Å². The Kier molecular flexibility index (Phi) is 6.68. The van der Waals surface area contributed by atoms with Crippen LogP contribution in [0.5, 0.6) is 5.75 Å². The number of halogens is 3. The first-order valence-electron chi connectivity index (χ1n) is 7.45. The number of ether oxygens (including phenoxy) is 1. The van der Waals surface area contributed by atoms with Gasteiger partial charge in [0.05, 0.1) is 0 Å². The zero-order valence-electron chi connectivity index (χ0n) is 13.6. The Hall–Kier alpha value is -3.18. The zero-order valence-corrected chi connectivity index (χ0v) is 13.6. The molecule has 0 unspecified atom stereocenters. The molecule has 2 rings (SSSR count). The van der Waals surface area contributed by atoms with E-state index in [0.29, 0.717) is 5.56 Å². The maximum atomic E-state index is 13.4. The summed E-state index contributed by atoms with van der Waals surface area (Å²) >= 11 is 0. The number of aliphatic hydroxyl groups excluding tert-OH is 1. The normalized spacial score (nSPS) is 11.4. The number of rotatable bonds is 7. The standard InChI is InChI=1S/C16H15F3N4O4/c17-9-2-1-8(5-12(9)27-16(18)19)7-21-14(24)10-6-11(15(25)26)23-13(22-10)3-4-20/h1-6,15-16,25-26H,7,20H2,(H,21,24). The molecular formula is C16H15F3N4O4. The molecule has 0 aliphatic carbocycles. The van der Waals surface area contributed by atoms with Gasteiger partial charge in [-0.3, -0.25) is 4.79 Å². The summed E-state index contributed by atoms with van der Waals surface area (Å²) < 4.78 is 41.9. The summed E-state index contributed by atoms with van der Waals surface area (Å²) in [6, 6.07) is 4.28. The molecule has 0 atom stereocenters. The molecule has 1 aromatic carbocycles. The molecule has 1 heterocycles. The number of hydrogen-bond donors (Lipinski definition) is 4. The monoisotopic (exact) mass is 384 g/mol. The third kappa shape index (κ3) is 5.66. The van der Waals surface area contributed by atoms with Crippen molar-refractivity contribution in [3.63, 3.8) is 0 Å². The largest absolute Gasteiger partial charge is 0.432 e. The molecule has 0 bridgehead atoms. The number of aromatic nitrogens is 2. The molecule has 5 N–H and O–H groups in total. The van der Waals surface area contributed by atoms with Crippen molar-refractivity contribution in [2.75, 3.05) is 0 Å².